The molecule has 4 nitrogen and oxygen atoms in total. The summed E-state index contributed by atoms with van der Waals surface area (Å²) in [6, 6.07) is 5.96. The lowest BCUT2D eigenvalue weighted by Crippen LogP contribution is -2.40. The fraction of sp³-hybridized carbons (Fsp3) is 0.250. The van der Waals surface area contributed by atoms with Gasteiger partial charge in [0.05, 0.1) is 17.2 Å². The fourth-order valence-electron chi connectivity index (χ4n) is 1.85. The average Bonchev–Trinajstić information content (AvgIpc) is 2.57. The molecule has 1 aromatic carbocycles. The molecule has 1 atom stereocenters. The minimum absolute atomic E-state index is 0.375. The molecule has 4 heteroatoms. The van der Waals surface area contributed by atoms with Gasteiger partial charge < -0.3 is 4.79 Å². The van der Waals surface area contributed by atoms with E-state index >= 15 is 0 Å². The first-order chi connectivity index (χ1) is 7.70. The molecule has 0 saturated heterocycles. The molecule has 0 aliphatic carbocycles. The van der Waals surface area contributed by atoms with Gasteiger partial charge in [0.2, 0.25) is 0 Å². The van der Waals surface area contributed by atoms with E-state index in [1.165, 1.54) is 0 Å². The van der Waals surface area contributed by atoms with Crippen LogP contribution in [0.5, 0.6) is 0 Å². The van der Waals surface area contributed by atoms with Gasteiger partial charge in [-0.25, -0.2) is 0 Å². The number of carbonyl (C=O) groups is 3. The lowest BCUT2D eigenvalue weighted by atomic mass is 10.1. The number of fused-ring (bicyclic) bond motifs is 1. The molecule has 2 amide bonds. The predicted molar refractivity (Wildman–Crippen MR) is 57.1 cm³/mol. The van der Waals surface area contributed by atoms with Crippen LogP contribution in [0.15, 0.2) is 24.3 Å². The largest absolute Gasteiger partial charge is 0.301 e. The molecule has 82 valence electrons. The Hall–Kier alpha value is -1.97. The number of nitrogens with zero attached hydrogens (tertiary/aromatic N) is 1. The molecule has 1 heterocycles. The minimum atomic E-state index is -0.660. The zero-order valence-corrected chi connectivity index (χ0v) is 8.84. The van der Waals surface area contributed by atoms with Crippen LogP contribution in [0.4, 0.5) is 0 Å². The highest BCUT2D eigenvalue weighted by Crippen LogP contribution is 2.24. The van der Waals surface area contributed by atoms with Crippen LogP contribution in [-0.4, -0.2) is 29.0 Å². The Morgan fingerprint density at radius 3 is 2.06 bits per heavy atom. The van der Waals surface area contributed by atoms with Crippen molar-refractivity contribution in [2.24, 2.45) is 0 Å². The van der Waals surface area contributed by atoms with Gasteiger partial charge in [0.1, 0.15) is 6.29 Å². The molecule has 0 radical (unpaired) electrons. The summed E-state index contributed by atoms with van der Waals surface area (Å²) >= 11 is 0. The van der Waals surface area contributed by atoms with Crippen LogP contribution >= 0.6 is 0 Å². The first-order valence-corrected chi connectivity index (χ1v) is 5.13. The maximum atomic E-state index is 11.9. The van der Waals surface area contributed by atoms with Crippen molar-refractivity contribution in [2.75, 3.05) is 0 Å². The van der Waals surface area contributed by atoms with Crippen LogP contribution in [0.25, 0.3) is 0 Å². The van der Waals surface area contributed by atoms with Gasteiger partial charge in [-0.15, -0.1) is 0 Å². The predicted octanol–water partition coefficient (Wildman–Crippen LogP) is 1.26. The second-order valence-electron chi connectivity index (χ2n) is 3.64. The maximum Gasteiger partial charge on any atom is 0.262 e. The first kappa shape index (κ1) is 10.5. The molecular formula is C12H11NO3. The number of aldehydes is 1. The highest BCUT2D eigenvalue weighted by atomic mass is 16.2. The number of hydrogen-bond donors (Lipinski definition) is 0. The summed E-state index contributed by atoms with van der Waals surface area (Å²) in [4.78, 5) is 35.7. The molecule has 2 rings (SSSR count). The monoisotopic (exact) mass is 217 g/mol. The van der Waals surface area contributed by atoms with Crippen LogP contribution in [-0.2, 0) is 4.79 Å². The molecule has 0 N–H and O–H groups in total. The van der Waals surface area contributed by atoms with Crippen molar-refractivity contribution in [1.82, 2.24) is 4.90 Å². The number of hydrogen-bond acceptors (Lipinski definition) is 3. The molecule has 0 bridgehead atoms. The molecule has 1 aromatic rings. The molecule has 0 saturated carbocycles. The number of amides is 2. The molecular weight excluding hydrogens is 206 g/mol. The number of benzene rings is 1. The van der Waals surface area contributed by atoms with E-state index in [0.29, 0.717) is 23.8 Å². The molecule has 1 aliphatic heterocycles. The van der Waals surface area contributed by atoms with E-state index in [9.17, 15) is 14.4 Å². The van der Waals surface area contributed by atoms with Crippen LogP contribution in [0, 0.1) is 0 Å². The van der Waals surface area contributed by atoms with Crippen LogP contribution < -0.4 is 0 Å². The van der Waals surface area contributed by atoms with Crippen LogP contribution in [0.1, 0.15) is 34.1 Å². The number of carbonyl (C=O) groups excluding carboxylic acids is 3. The maximum absolute atomic E-state index is 11.9. The lowest BCUT2D eigenvalue weighted by Gasteiger charge is -2.19. The van der Waals surface area contributed by atoms with Crippen LogP contribution in [0.2, 0.25) is 0 Å². The third-order valence-corrected chi connectivity index (χ3v) is 2.73. The van der Waals surface area contributed by atoms with Crippen molar-refractivity contribution in [3.8, 4) is 0 Å². The van der Waals surface area contributed by atoms with E-state index < -0.39 is 6.04 Å². The highest BCUT2D eigenvalue weighted by Gasteiger charge is 2.38. The Kier molecular flexibility index (Phi) is 2.56. The van der Waals surface area contributed by atoms with Gasteiger partial charge in [0, 0.05) is 0 Å². The summed E-state index contributed by atoms with van der Waals surface area (Å²) < 4.78 is 0. The standard InChI is InChI=1S/C12H11NO3/c1-2-8(7-14)13-11(15)9-5-3-4-6-10(9)12(13)16/h3-8H,2H2,1H3. The lowest BCUT2D eigenvalue weighted by molar-refractivity contribution is -0.111. The van der Waals surface area contributed by atoms with E-state index in [0.717, 1.165) is 4.90 Å². The molecule has 0 fully saturated rings. The average molecular weight is 217 g/mol. The summed E-state index contributed by atoms with van der Waals surface area (Å²) in [5, 5.41) is 0. The summed E-state index contributed by atoms with van der Waals surface area (Å²) in [5.41, 5.74) is 0.764. The molecule has 1 unspecified atom stereocenters. The van der Waals surface area contributed by atoms with Crippen molar-refractivity contribution >= 4 is 18.1 Å². The summed E-state index contributed by atoms with van der Waals surface area (Å²) in [7, 11) is 0. The van der Waals surface area contributed by atoms with Gasteiger partial charge in [-0.2, -0.15) is 0 Å². The zero-order chi connectivity index (χ0) is 11.7. The fourth-order valence-corrected chi connectivity index (χ4v) is 1.85. The zero-order valence-electron chi connectivity index (χ0n) is 8.84. The van der Waals surface area contributed by atoms with E-state index in [-0.39, 0.29) is 11.8 Å². The van der Waals surface area contributed by atoms with Crippen molar-refractivity contribution < 1.29 is 14.4 Å². The second-order valence-corrected chi connectivity index (χ2v) is 3.64. The number of rotatable bonds is 3. The SMILES string of the molecule is CCC(C=O)N1C(=O)c2ccccc2C1=O. The third kappa shape index (κ3) is 1.34. The third-order valence-electron chi connectivity index (χ3n) is 2.73. The van der Waals surface area contributed by atoms with E-state index in [1.54, 1.807) is 31.2 Å². The topological polar surface area (TPSA) is 54.5 Å². The summed E-state index contributed by atoms with van der Waals surface area (Å²) in [6.07, 6.45) is 1.08. The summed E-state index contributed by atoms with van der Waals surface area (Å²) in [5.74, 6) is -0.751. The van der Waals surface area contributed by atoms with Crippen molar-refractivity contribution in [1.29, 1.82) is 0 Å². The minimum Gasteiger partial charge on any atom is -0.301 e. The van der Waals surface area contributed by atoms with Gasteiger partial charge in [-0.3, -0.25) is 14.5 Å². The Morgan fingerprint density at radius 1 is 1.19 bits per heavy atom. The van der Waals surface area contributed by atoms with Crippen LogP contribution in [0.3, 0.4) is 0 Å². The highest BCUT2D eigenvalue weighted by molar-refractivity contribution is 6.22. The van der Waals surface area contributed by atoms with E-state index in [2.05, 4.69) is 0 Å². The van der Waals surface area contributed by atoms with E-state index in [1.807, 2.05) is 0 Å². The quantitative estimate of drug-likeness (QED) is 0.565. The van der Waals surface area contributed by atoms with Gasteiger partial charge in [0.15, 0.2) is 0 Å². The second kappa shape index (κ2) is 3.89. The molecule has 0 spiro atoms. The molecule has 0 aromatic heterocycles. The Balaban J connectivity index is 2.46. The van der Waals surface area contributed by atoms with Gasteiger partial charge in [-0.05, 0) is 18.6 Å². The normalized spacial score (nSPS) is 16.2. The first-order valence-electron chi connectivity index (χ1n) is 5.13. The Bertz CT molecular complexity index is 432. The van der Waals surface area contributed by atoms with Crippen molar-refractivity contribution in [3.63, 3.8) is 0 Å². The molecule has 16 heavy (non-hydrogen) atoms. The van der Waals surface area contributed by atoms with Crippen molar-refractivity contribution in [3.05, 3.63) is 35.4 Å². The number of imide groups is 1. The smallest absolute Gasteiger partial charge is 0.262 e. The van der Waals surface area contributed by atoms with Gasteiger partial charge in [-0.1, -0.05) is 19.1 Å². The van der Waals surface area contributed by atoms with E-state index in [4.69, 9.17) is 0 Å². The molecule has 1 aliphatic rings. The van der Waals surface area contributed by atoms with Gasteiger partial charge in [0.25, 0.3) is 11.8 Å². The van der Waals surface area contributed by atoms with Crippen molar-refractivity contribution in [2.45, 2.75) is 19.4 Å². The van der Waals surface area contributed by atoms with Gasteiger partial charge >= 0.3 is 0 Å². The summed E-state index contributed by atoms with van der Waals surface area (Å²) in [6.45, 7) is 1.77. The Labute approximate surface area is 92.9 Å². The Morgan fingerprint density at radius 2 is 1.69 bits per heavy atom.